The normalized spacial score (nSPS) is 11.6. The Morgan fingerprint density at radius 1 is 1.16 bits per heavy atom. The van der Waals surface area contributed by atoms with Gasteiger partial charge in [-0.05, 0) is 42.5 Å². The monoisotopic (exact) mass is 459 g/mol. The van der Waals surface area contributed by atoms with Crippen LogP contribution in [0.3, 0.4) is 0 Å². The maximum Gasteiger partial charge on any atom is 0.249 e. The average Bonchev–Trinajstić information content (AvgIpc) is 3.08. The van der Waals surface area contributed by atoms with Crippen molar-refractivity contribution in [2.75, 3.05) is 31.9 Å². The molecule has 0 saturated carbocycles. The molecule has 0 radical (unpaired) electrons. The van der Waals surface area contributed by atoms with Crippen molar-refractivity contribution < 1.29 is 19.1 Å². The molecule has 0 fully saturated rings. The van der Waals surface area contributed by atoms with E-state index < -0.39 is 0 Å². The molecule has 0 aliphatic rings. The second-order valence-corrected chi connectivity index (χ2v) is 8.85. The Morgan fingerprint density at radius 2 is 1.94 bits per heavy atom. The summed E-state index contributed by atoms with van der Waals surface area (Å²) in [5.74, 6) is 1.16. The molecule has 7 nitrogen and oxygen atoms in total. The van der Waals surface area contributed by atoms with Crippen LogP contribution in [-0.4, -0.2) is 43.0 Å². The Morgan fingerprint density at radius 3 is 2.61 bits per heavy atom. The van der Waals surface area contributed by atoms with Gasteiger partial charge in [-0.1, -0.05) is 11.3 Å². The first-order chi connectivity index (χ1) is 15.0. The Bertz CT molecular complexity index is 1120. The number of methoxy groups -OCH3 is 2. The van der Waals surface area contributed by atoms with Crippen molar-refractivity contribution in [3.63, 3.8) is 0 Å². The molecule has 9 heteroatoms. The summed E-state index contributed by atoms with van der Waals surface area (Å²) in [6.45, 7) is 2.57. The minimum atomic E-state index is -0.166. The van der Waals surface area contributed by atoms with Gasteiger partial charge >= 0.3 is 0 Å². The Labute approximate surface area is 189 Å². The van der Waals surface area contributed by atoms with E-state index in [0.29, 0.717) is 35.8 Å². The van der Waals surface area contributed by atoms with Crippen LogP contribution in [0.5, 0.6) is 5.75 Å². The number of hydrogen-bond acceptors (Lipinski definition) is 6. The van der Waals surface area contributed by atoms with Gasteiger partial charge in [0.05, 0.1) is 23.9 Å². The van der Waals surface area contributed by atoms with Crippen molar-refractivity contribution in [1.29, 1.82) is 0 Å². The van der Waals surface area contributed by atoms with E-state index >= 15 is 0 Å². The molecular weight excluding hydrogens is 434 g/mol. The standard InChI is InChI=1S/C22H25N3O4S2/c1-15(26)23-16-4-9-19-20(14-16)31-22(25(19)11-12-28-2)24-21(27)10-13-30-18-7-5-17(29-3)6-8-18/h4-9,14H,10-13H2,1-3H3,(H,23,26). The third kappa shape index (κ3) is 6.43. The van der Waals surface area contributed by atoms with E-state index in [0.717, 1.165) is 20.9 Å². The van der Waals surface area contributed by atoms with Crippen molar-refractivity contribution in [1.82, 2.24) is 4.57 Å². The first kappa shape index (κ1) is 23.1. The SMILES string of the molecule is COCCn1c(=NC(=O)CCSc2ccc(OC)cc2)sc2cc(NC(C)=O)ccc21. The lowest BCUT2D eigenvalue weighted by atomic mass is 10.3. The van der Waals surface area contributed by atoms with Gasteiger partial charge in [-0.3, -0.25) is 9.59 Å². The number of carbonyl (C=O) groups excluding carboxylic acids is 2. The number of benzene rings is 2. The molecule has 0 bridgehead atoms. The molecule has 2 aromatic carbocycles. The first-order valence-electron chi connectivity index (χ1n) is 9.74. The summed E-state index contributed by atoms with van der Waals surface area (Å²) in [6.07, 6.45) is 0.340. The van der Waals surface area contributed by atoms with E-state index in [1.807, 2.05) is 47.0 Å². The molecule has 0 aliphatic heterocycles. The number of fused-ring (bicyclic) bond motifs is 1. The number of nitrogens with zero attached hydrogens (tertiary/aromatic N) is 2. The summed E-state index contributed by atoms with van der Waals surface area (Å²) >= 11 is 3.03. The van der Waals surface area contributed by atoms with Gasteiger partial charge in [0.25, 0.3) is 0 Å². The van der Waals surface area contributed by atoms with Crippen molar-refractivity contribution in [3.05, 3.63) is 47.3 Å². The van der Waals surface area contributed by atoms with Crippen LogP contribution >= 0.6 is 23.1 Å². The maximum absolute atomic E-state index is 12.5. The summed E-state index contributed by atoms with van der Waals surface area (Å²) < 4.78 is 13.3. The molecule has 164 valence electrons. The third-order valence-electron chi connectivity index (χ3n) is 4.39. The van der Waals surface area contributed by atoms with Crippen molar-refractivity contribution in [3.8, 4) is 5.75 Å². The molecule has 0 atom stereocenters. The van der Waals surface area contributed by atoms with Crippen LogP contribution in [0.15, 0.2) is 52.4 Å². The molecule has 31 heavy (non-hydrogen) atoms. The summed E-state index contributed by atoms with van der Waals surface area (Å²) in [4.78, 5) is 29.9. The number of anilines is 1. The first-order valence-corrected chi connectivity index (χ1v) is 11.5. The highest BCUT2D eigenvalue weighted by molar-refractivity contribution is 7.99. The Balaban J connectivity index is 1.76. The number of thioether (sulfide) groups is 1. The van der Waals surface area contributed by atoms with Crippen LogP contribution in [0, 0.1) is 0 Å². The third-order valence-corrected chi connectivity index (χ3v) is 6.44. The zero-order valence-electron chi connectivity index (χ0n) is 17.7. The van der Waals surface area contributed by atoms with Gasteiger partial charge in [0.15, 0.2) is 4.80 Å². The molecule has 0 spiro atoms. The molecule has 3 aromatic rings. The quantitative estimate of drug-likeness (QED) is 0.491. The highest BCUT2D eigenvalue weighted by atomic mass is 32.2. The van der Waals surface area contributed by atoms with Crippen LogP contribution in [-0.2, 0) is 20.9 Å². The smallest absolute Gasteiger partial charge is 0.249 e. The van der Waals surface area contributed by atoms with E-state index in [4.69, 9.17) is 9.47 Å². The zero-order valence-corrected chi connectivity index (χ0v) is 19.3. The summed E-state index contributed by atoms with van der Waals surface area (Å²) in [7, 11) is 3.28. The van der Waals surface area contributed by atoms with E-state index in [2.05, 4.69) is 10.3 Å². The van der Waals surface area contributed by atoms with Crippen LogP contribution in [0.1, 0.15) is 13.3 Å². The number of aromatic nitrogens is 1. The van der Waals surface area contributed by atoms with Crippen LogP contribution in [0.4, 0.5) is 5.69 Å². The summed E-state index contributed by atoms with van der Waals surface area (Å²) in [6, 6.07) is 13.4. The van der Waals surface area contributed by atoms with Gasteiger partial charge in [0, 0.05) is 43.3 Å². The average molecular weight is 460 g/mol. The maximum atomic E-state index is 12.5. The number of thiazole rings is 1. The van der Waals surface area contributed by atoms with Gasteiger partial charge in [0.1, 0.15) is 5.75 Å². The number of nitrogens with one attached hydrogen (secondary N) is 1. The van der Waals surface area contributed by atoms with Crippen LogP contribution in [0.2, 0.25) is 0 Å². The van der Waals surface area contributed by atoms with Gasteiger partial charge in [-0.2, -0.15) is 4.99 Å². The zero-order chi connectivity index (χ0) is 22.2. The fourth-order valence-corrected chi connectivity index (χ4v) is 4.88. The minimum Gasteiger partial charge on any atom is -0.497 e. The lowest BCUT2D eigenvalue weighted by Crippen LogP contribution is -2.19. The molecule has 2 amide bonds. The van der Waals surface area contributed by atoms with Gasteiger partial charge in [-0.25, -0.2) is 0 Å². The van der Waals surface area contributed by atoms with Crippen molar-refractivity contribution in [2.45, 2.75) is 24.8 Å². The lowest BCUT2D eigenvalue weighted by Gasteiger charge is -2.05. The predicted octanol–water partition coefficient (Wildman–Crippen LogP) is 3.93. The molecule has 3 rings (SSSR count). The van der Waals surface area contributed by atoms with Gasteiger partial charge in [0.2, 0.25) is 11.8 Å². The van der Waals surface area contributed by atoms with E-state index in [1.165, 1.54) is 18.3 Å². The lowest BCUT2D eigenvalue weighted by molar-refractivity contribution is -0.117. The van der Waals surface area contributed by atoms with Crippen LogP contribution in [0.25, 0.3) is 10.2 Å². The molecular formula is C22H25N3O4S2. The number of hydrogen-bond donors (Lipinski definition) is 1. The van der Waals surface area contributed by atoms with E-state index in [-0.39, 0.29) is 11.8 Å². The summed E-state index contributed by atoms with van der Waals surface area (Å²) in [5.41, 5.74) is 1.67. The topological polar surface area (TPSA) is 81.9 Å². The number of amides is 2. The van der Waals surface area contributed by atoms with Gasteiger partial charge < -0.3 is 19.4 Å². The predicted molar refractivity (Wildman–Crippen MR) is 125 cm³/mol. The fourth-order valence-electron chi connectivity index (χ4n) is 2.93. The van der Waals surface area contributed by atoms with Crippen LogP contribution < -0.4 is 14.9 Å². The van der Waals surface area contributed by atoms with E-state index in [1.54, 1.807) is 26.0 Å². The molecule has 0 unspecified atom stereocenters. The molecule has 0 saturated heterocycles. The summed E-state index contributed by atoms with van der Waals surface area (Å²) in [5, 5.41) is 2.79. The molecule has 1 aromatic heterocycles. The fraction of sp³-hybridized carbons (Fsp3) is 0.318. The minimum absolute atomic E-state index is 0.127. The Hall–Kier alpha value is -2.62. The molecule has 0 aliphatic carbocycles. The number of carbonyl (C=O) groups is 2. The van der Waals surface area contributed by atoms with Crippen molar-refractivity contribution >= 4 is 50.8 Å². The highest BCUT2D eigenvalue weighted by Crippen LogP contribution is 2.23. The largest absolute Gasteiger partial charge is 0.497 e. The van der Waals surface area contributed by atoms with Gasteiger partial charge in [-0.15, -0.1) is 11.8 Å². The number of ether oxygens (including phenoxy) is 2. The number of rotatable bonds is 9. The second kappa shape index (κ2) is 11.1. The molecule has 1 heterocycles. The highest BCUT2D eigenvalue weighted by Gasteiger charge is 2.10. The second-order valence-electron chi connectivity index (χ2n) is 6.67. The van der Waals surface area contributed by atoms with E-state index in [9.17, 15) is 9.59 Å². The molecule has 1 N–H and O–H groups in total. The van der Waals surface area contributed by atoms with Crippen molar-refractivity contribution in [2.24, 2.45) is 4.99 Å². The Kier molecular flexibility index (Phi) is 8.27.